The summed E-state index contributed by atoms with van der Waals surface area (Å²) in [5, 5.41) is 15.1. The van der Waals surface area contributed by atoms with Crippen LogP contribution in [0.4, 0.5) is 5.82 Å². The van der Waals surface area contributed by atoms with Gasteiger partial charge in [0.1, 0.15) is 0 Å². The van der Waals surface area contributed by atoms with Crippen molar-refractivity contribution < 1.29 is 9.84 Å². The summed E-state index contributed by atoms with van der Waals surface area (Å²) >= 11 is 0. The van der Waals surface area contributed by atoms with Crippen molar-refractivity contribution in [1.82, 2.24) is 14.3 Å². The van der Waals surface area contributed by atoms with Gasteiger partial charge in [0, 0.05) is 20.6 Å². The molecule has 0 aliphatic heterocycles. The number of aliphatic hydroxyl groups is 1. The van der Waals surface area contributed by atoms with Gasteiger partial charge in [0.05, 0.1) is 19.8 Å². The van der Waals surface area contributed by atoms with Crippen LogP contribution >= 0.6 is 0 Å². The average Bonchev–Trinajstić information content (AvgIpc) is 2.32. The van der Waals surface area contributed by atoms with Crippen molar-refractivity contribution in [1.29, 1.82) is 0 Å². The van der Waals surface area contributed by atoms with Crippen LogP contribution in [0.5, 0.6) is 0 Å². The fraction of sp³-hybridized carbons (Fsp3) is 0.667. The highest BCUT2D eigenvalue weighted by Crippen LogP contribution is 1.88. The fourth-order valence-corrected chi connectivity index (χ4v) is 1.22. The Bertz CT molecular complexity index is 479. The van der Waals surface area contributed by atoms with Crippen LogP contribution in [0.25, 0.3) is 0 Å². The van der Waals surface area contributed by atoms with E-state index in [0.717, 1.165) is 9.25 Å². The Morgan fingerprint density at radius 2 is 2.06 bits per heavy atom. The number of aromatic nitrogens is 3. The first-order valence-corrected chi connectivity index (χ1v) is 5.14. The van der Waals surface area contributed by atoms with Gasteiger partial charge in [0.25, 0.3) is 5.56 Å². The molecule has 0 fully saturated rings. The quantitative estimate of drug-likeness (QED) is 0.556. The number of hydrogen-bond acceptors (Lipinski definition) is 6. The molecule has 0 amide bonds. The van der Waals surface area contributed by atoms with Gasteiger partial charge in [-0.1, -0.05) is 0 Å². The van der Waals surface area contributed by atoms with Crippen molar-refractivity contribution >= 4 is 5.82 Å². The van der Waals surface area contributed by atoms with E-state index < -0.39 is 11.2 Å². The first kappa shape index (κ1) is 13.4. The van der Waals surface area contributed by atoms with Crippen LogP contribution in [0.1, 0.15) is 0 Å². The highest BCUT2D eigenvalue weighted by molar-refractivity contribution is 5.29. The monoisotopic (exact) mass is 244 g/mol. The molecule has 1 rings (SSSR count). The summed E-state index contributed by atoms with van der Waals surface area (Å²) in [6.07, 6.45) is 0. The van der Waals surface area contributed by atoms with E-state index in [-0.39, 0.29) is 19.0 Å². The van der Waals surface area contributed by atoms with Gasteiger partial charge < -0.3 is 15.2 Å². The Balaban J connectivity index is 2.66. The number of aliphatic hydroxyl groups excluding tert-OH is 1. The lowest BCUT2D eigenvalue weighted by molar-refractivity contribution is 0.0991. The third-order valence-corrected chi connectivity index (χ3v) is 2.10. The molecule has 0 aliphatic carbocycles. The van der Waals surface area contributed by atoms with Gasteiger partial charge in [-0.05, 0) is 0 Å². The van der Waals surface area contributed by atoms with Gasteiger partial charge in [0.15, 0.2) is 0 Å². The molecule has 0 radical (unpaired) electrons. The van der Waals surface area contributed by atoms with Crippen LogP contribution in [0, 0.1) is 0 Å². The molecule has 0 saturated heterocycles. The van der Waals surface area contributed by atoms with E-state index in [2.05, 4.69) is 10.4 Å². The van der Waals surface area contributed by atoms with Crippen molar-refractivity contribution in [2.24, 2.45) is 14.1 Å². The molecule has 0 aromatic carbocycles. The molecule has 8 heteroatoms. The smallest absolute Gasteiger partial charge is 0.346 e. The molecule has 96 valence electrons. The van der Waals surface area contributed by atoms with Crippen LogP contribution in [0.15, 0.2) is 9.59 Å². The zero-order valence-electron chi connectivity index (χ0n) is 9.84. The Hall–Kier alpha value is -1.67. The minimum absolute atomic E-state index is 0.0418. The molecule has 1 heterocycles. The van der Waals surface area contributed by atoms with Gasteiger partial charge in [-0.2, -0.15) is 0 Å². The summed E-state index contributed by atoms with van der Waals surface area (Å²) in [5.41, 5.74) is -0.952. The second kappa shape index (κ2) is 6.16. The van der Waals surface area contributed by atoms with E-state index in [1.807, 2.05) is 0 Å². The molecular weight excluding hydrogens is 228 g/mol. The molecule has 8 nitrogen and oxygen atoms in total. The van der Waals surface area contributed by atoms with E-state index in [0.29, 0.717) is 13.2 Å². The third kappa shape index (κ3) is 3.40. The second-order valence-electron chi connectivity index (χ2n) is 3.38. The van der Waals surface area contributed by atoms with Crippen LogP contribution in [0.2, 0.25) is 0 Å². The molecule has 0 unspecified atom stereocenters. The molecule has 1 aromatic heterocycles. The maximum Gasteiger partial charge on any atom is 0.346 e. The Morgan fingerprint density at radius 3 is 2.71 bits per heavy atom. The molecular formula is C9H16N4O4. The molecule has 1 aromatic rings. The van der Waals surface area contributed by atoms with E-state index in [4.69, 9.17) is 9.84 Å². The number of rotatable bonds is 6. The maximum absolute atomic E-state index is 11.6. The van der Waals surface area contributed by atoms with Crippen molar-refractivity contribution in [3.63, 3.8) is 0 Å². The molecule has 0 spiro atoms. The maximum atomic E-state index is 11.6. The largest absolute Gasteiger partial charge is 0.394 e. The highest BCUT2D eigenvalue weighted by atomic mass is 16.5. The fourth-order valence-electron chi connectivity index (χ4n) is 1.22. The average molecular weight is 244 g/mol. The van der Waals surface area contributed by atoms with Crippen molar-refractivity contribution in [2.75, 3.05) is 31.7 Å². The predicted molar refractivity (Wildman–Crippen MR) is 61.1 cm³/mol. The van der Waals surface area contributed by atoms with E-state index in [1.54, 1.807) is 0 Å². The van der Waals surface area contributed by atoms with Gasteiger partial charge >= 0.3 is 5.69 Å². The number of nitrogens with one attached hydrogen (secondary N) is 1. The summed E-state index contributed by atoms with van der Waals surface area (Å²) in [6.45, 7) is 0.926. The lowest BCUT2D eigenvalue weighted by Crippen LogP contribution is -2.40. The first-order chi connectivity index (χ1) is 8.07. The molecule has 0 bridgehead atoms. The molecule has 17 heavy (non-hydrogen) atoms. The number of nitrogens with zero attached hydrogens (tertiary/aromatic N) is 3. The van der Waals surface area contributed by atoms with Crippen LogP contribution < -0.4 is 16.6 Å². The van der Waals surface area contributed by atoms with Crippen molar-refractivity contribution in [3.8, 4) is 0 Å². The SMILES string of the molecule is Cn1nc(NCCOCCO)c(=O)n(C)c1=O. The van der Waals surface area contributed by atoms with E-state index in [9.17, 15) is 9.59 Å². The number of hydrogen-bond donors (Lipinski definition) is 2. The molecule has 2 N–H and O–H groups in total. The minimum atomic E-state index is -0.477. The number of ether oxygens (including phenoxy) is 1. The summed E-state index contributed by atoms with van der Waals surface area (Å²) in [7, 11) is 2.86. The van der Waals surface area contributed by atoms with Crippen LogP contribution in [-0.2, 0) is 18.8 Å². The standard InChI is InChI=1S/C9H16N4O4/c1-12-8(15)7(11-13(2)9(12)16)10-3-5-17-6-4-14/h14H,3-6H2,1-2H3,(H,10,11). The van der Waals surface area contributed by atoms with Gasteiger partial charge in [-0.15, -0.1) is 5.10 Å². The summed E-state index contributed by atoms with van der Waals surface area (Å²) in [4.78, 5) is 22.9. The van der Waals surface area contributed by atoms with Crippen molar-refractivity contribution in [2.45, 2.75) is 0 Å². The van der Waals surface area contributed by atoms with Crippen molar-refractivity contribution in [3.05, 3.63) is 20.8 Å². The normalized spacial score (nSPS) is 10.5. The van der Waals surface area contributed by atoms with Gasteiger partial charge in [-0.25, -0.2) is 9.48 Å². The Labute approximate surface area is 97.4 Å². The molecule has 0 atom stereocenters. The number of aryl methyl sites for hydroxylation is 1. The zero-order valence-corrected chi connectivity index (χ0v) is 9.84. The van der Waals surface area contributed by atoms with E-state index >= 15 is 0 Å². The third-order valence-electron chi connectivity index (χ3n) is 2.10. The minimum Gasteiger partial charge on any atom is -0.394 e. The molecule has 0 aliphatic rings. The predicted octanol–water partition coefficient (Wildman–Crippen LogP) is -2.10. The summed E-state index contributed by atoms with van der Waals surface area (Å²) in [5.74, 6) is 0.0993. The van der Waals surface area contributed by atoms with E-state index in [1.165, 1.54) is 14.1 Å². The summed E-state index contributed by atoms with van der Waals surface area (Å²) in [6, 6.07) is 0. The highest BCUT2D eigenvalue weighted by Gasteiger charge is 2.07. The van der Waals surface area contributed by atoms with Crippen LogP contribution in [-0.4, -0.2) is 45.8 Å². The van der Waals surface area contributed by atoms with Gasteiger partial charge in [-0.3, -0.25) is 9.36 Å². The second-order valence-corrected chi connectivity index (χ2v) is 3.38. The molecule has 0 saturated carbocycles. The Kier molecular flexibility index (Phi) is 4.85. The zero-order chi connectivity index (χ0) is 12.8. The summed E-state index contributed by atoms with van der Waals surface area (Å²) < 4.78 is 7.07. The number of anilines is 1. The Morgan fingerprint density at radius 1 is 1.35 bits per heavy atom. The first-order valence-electron chi connectivity index (χ1n) is 5.14. The lowest BCUT2D eigenvalue weighted by Gasteiger charge is -2.07. The van der Waals surface area contributed by atoms with Crippen LogP contribution in [0.3, 0.4) is 0 Å². The lowest BCUT2D eigenvalue weighted by atomic mass is 10.6. The van der Waals surface area contributed by atoms with Gasteiger partial charge in [0.2, 0.25) is 5.82 Å². The topological polar surface area (TPSA) is 98.4 Å².